The van der Waals surface area contributed by atoms with E-state index in [4.69, 9.17) is 16.3 Å². The molecule has 9 heteroatoms. The Bertz CT molecular complexity index is 983. The number of halogens is 1. The first-order valence-electron chi connectivity index (χ1n) is 9.82. The smallest absolute Gasteiger partial charge is 0.170 e. The number of Topliss-reactive ketones (excluding diaryl/α,β-unsaturated/α-hetero) is 1. The number of ether oxygens (including phenoxy) is 1. The van der Waals surface area contributed by atoms with Gasteiger partial charge in [0.05, 0.1) is 29.7 Å². The van der Waals surface area contributed by atoms with Crippen LogP contribution in [-0.2, 0) is 9.53 Å². The van der Waals surface area contributed by atoms with Crippen LogP contribution in [0.2, 0.25) is 5.15 Å². The molecule has 0 aromatic carbocycles. The fourth-order valence-electron chi connectivity index (χ4n) is 4.62. The SMILES string of the molecule is CC1CC(=O)c2c(Cl)nc3c(ncn3C3[C@@H](C)C(C=O)C[C@H]3OC(C)(C)O)c2N1. The summed E-state index contributed by atoms with van der Waals surface area (Å²) in [7, 11) is 0. The molecule has 1 aliphatic heterocycles. The van der Waals surface area contributed by atoms with E-state index in [0.717, 1.165) is 6.29 Å². The average molecular weight is 421 g/mol. The third-order valence-electron chi connectivity index (χ3n) is 5.86. The van der Waals surface area contributed by atoms with Gasteiger partial charge in [0.25, 0.3) is 0 Å². The molecule has 0 saturated heterocycles. The maximum atomic E-state index is 12.5. The predicted octanol–water partition coefficient (Wildman–Crippen LogP) is 2.98. The Morgan fingerprint density at radius 1 is 1.41 bits per heavy atom. The highest BCUT2D eigenvalue weighted by atomic mass is 35.5. The molecule has 3 heterocycles. The van der Waals surface area contributed by atoms with Gasteiger partial charge in [0, 0.05) is 18.4 Å². The van der Waals surface area contributed by atoms with E-state index in [0.29, 0.717) is 35.3 Å². The number of fused-ring (bicyclic) bond motifs is 3. The molecule has 2 aromatic heterocycles. The Kier molecular flexibility index (Phi) is 4.91. The third-order valence-corrected chi connectivity index (χ3v) is 6.13. The summed E-state index contributed by atoms with van der Waals surface area (Å²) in [6.45, 7) is 7.04. The van der Waals surface area contributed by atoms with E-state index >= 15 is 0 Å². The summed E-state index contributed by atoms with van der Waals surface area (Å²) >= 11 is 6.39. The second-order valence-corrected chi connectivity index (χ2v) is 9.00. The van der Waals surface area contributed by atoms with Crippen molar-refractivity contribution in [3.05, 3.63) is 17.0 Å². The Morgan fingerprint density at radius 3 is 2.79 bits per heavy atom. The fraction of sp³-hybridized carbons (Fsp3) is 0.600. The maximum absolute atomic E-state index is 12.5. The molecule has 2 N–H and O–H groups in total. The standard InChI is InChI=1S/C20H25ClN4O4/c1-9-5-12(27)14-15(23-9)16-19(24-18(14)21)25(8-22-16)17-10(2)11(7-26)6-13(17)29-20(3,4)28/h7-11,13,17,23,28H,5-6H2,1-4H3/t9?,10-,11?,13+,17?/m0/s1. The minimum Gasteiger partial charge on any atom is -0.380 e. The van der Waals surface area contributed by atoms with Crippen molar-refractivity contribution in [2.75, 3.05) is 5.32 Å². The molecule has 2 aliphatic rings. The number of carbonyl (C=O) groups is 2. The molecule has 0 bridgehead atoms. The first-order chi connectivity index (χ1) is 13.6. The Hall–Kier alpha value is -2.03. The first-order valence-corrected chi connectivity index (χ1v) is 10.2. The summed E-state index contributed by atoms with van der Waals surface area (Å²) in [4.78, 5) is 33.1. The lowest BCUT2D eigenvalue weighted by molar-refractivity contribution is -0.211. The molecule has 0 amide bonds. The summed E-state index contributed by atoms with van der Waals surface area (Å²) in [6.07, 6.45) is 3.03. The molecule has 1 fully saturated rings. The lowest BCUT2D eigenvalue weighted by Gasteiger charge is -2.30. The van der Waals surface area contributed by atoms with Crippen LogP contribution in [0, 0.1) is 11.8 Å². The van der Waals surface area contributed by atoms with E-state index < -0.39 is 11.9 Å². The van der Waals surface area contributed by atoms with Crippen molar-refractivity contribution < 1.29 is 19.4 Å². The predicted molar refractivity (Wildman–Crippen MR) is 108 cm³/mol. The number of anilines is 1. The molecule has 156 valence electrons. The normalized spacial score (nSPS) is 29.7. The van der Waals surface area contributed by atoms with Crippen molar-refractivity contribution >= 4 is 40.5 Å². The molecule has 2 aromatic rings. The zero-order valence-corrected chi connectivity index (χ0v) is 17.6. The quantitative estimate of drug-likeness (QED) is 0.445. The van der Waals surface area contributed by atoms with Crippen molar-refractivity contribution in [1.82, 2.24) is 14.5 Å². The second-order valence-electron chi connectivity index (χ2n) is 8.64. The number of pyridine rings is 1. The van der Waals surface area contributed by atoms with Gasteiger partial charge in [-0.3, -0.25) is 4.79 Å². The molecule has 4 rings (SSSR count). The van der Waals surface area contributed by atoms with E-state index in [1.165, 1.54) is 0 Å². The van der Waals surface area contributed by atoms with Gasteiger partial charge in [0.1, 0.15) is 17.0 Å². The number of aldehydes is 1. The number of aromatic nitrogens is 3. The number of aliphatic hydroxyl groups is 1. The topological polar surface area (TPSA) is 106 Å². The van der Waals surface area contributed by atoms with Crippen molar-refractivity contribution in [1.29, 1.82) is 0 Å². The van der Waals surface area contributed by atoms with Gasteiger partial charge in [-0.15, -0.1) is 0 Å². The molecule has 29 heavy (non-hydrogen) atoms. The van der Waals surface area contributed by atoms with E-state index in [-0.39, 0.29) is 34.9 Å². The summed E-state index contributed by atoms with van der Waals surface area (Å²) in [5, 5.41) is 13.6. The van der Waals surface area contributed by atoms with Gasteiger partial charge in [-0.05, 0) is 33.1 Å². The highest BCUT2D eigenvalue weighted by Gasteiger charge is 2.45. The van der Waals surface area contributed by atoms with Crippen LogP contribution in [0.25, 0.3) is 11.2 Å². The number of hydrogen-bond acceptors (Lipinski definition) is 7. The Labute approximate surface area is 173 Å². The fourth-order valence-corrected chi connectivity index (χ4v) is 4.90. The summed E-state index contributed by atoms with van der Waals surface area (Å²) in [5.74, 6) is -1.66. The highest BCUT2D eigenvalue weighted by molar-refractivity contribution is 6.34. The van der Waals surface area contributed by atoms with Gasteiger partial charge in [-0.25, -0.2) is 9.97 Å². The van der Waals surface area contributed by atoms with Crippen molar-refractivity contribution in [2.45, 2.75) is 64.5 Å². The van der Waals surface area contributed by atoms with E-state index in [9.17, 15) is 14.7 Å². The molecule has 0 radical (unpaired) electrons. The van der Waals surface area contributed by atoms with Crippen molar-refractivity contribution in [3.63, 3.8) is 0 Å². The summed E-state index contributed by atoms with van der Waals surface area (Å²) in [6, 6.07) is -0.294. The van der Waals surface area contributed by atoms with Crippen molar-refractivity contribution in [3.8, 4) is 0 Å². The zero-order valence-electron chi connectivity index (χ0n) is 16.8. The van der Waals surface area contributed by atoms with Crippen LogP contribution in [0.3, 0.4) is 0 Å². The average Bonchev–Trinajstić information content (AvgIpc) is 3.13. The summed E-state index contributed by atoms with van der Waals surface area (Å²) < 4.78 is 7.74. The third kappa shape index (κ3) is 3.43. The molecule has 3 unspecified atom stereocenters. The Morgan fingerprint density at radius 2 is 2.14 bits per heavy atom. The molecule has 5 atom stereocenters. The van der Waals surface area contributed by atoms with Gasteiger partial charge in [0.15, 0.2) is 17.2 Å². The lowest BCUT2D eigenvalue weighted by atomic mass is 9.96. The number of rotatable bonds is 4. The van der Waals surface area contributed by atoms with Gasteiger partial charge in [-0.2, -0.15) is 0 Å². The monoisotopic (exact) mass is 420 g/mol. The number of imidazole rings is 1. The van der Waals surface area contributed by atoms with Gasteiger partial charge in [0.2, 0.25) is 0 Å². The minimum atomic E-state index is -1.34. The van der Waals surface area contributed by atoms with Gasteiger partial charge < -0.3 is 24.5 Å². The van der Waals surface area contributed by atoms with E-state index in [1.807, 2.05) is 18.4 Å². The van der Waals surface area contributed by atoms with E-state index in [1.54, 1.807) is 20.2 Å². The first kappa shape index (κ1) is 20.3. The largest absolute Gasteiger partial charge is 0.380 e. The lowest BCUT2D eigenvalue weighted by Crippen LogP contribution is -2.34. The van der Waals surface area contributed by atoms with Crippen LogP contribution in [0.1, 0.15) is 56.9 Å². The molecular formula is C20H25ClN4O4. The maximum Gasteiger partial charge on any atom is 0.170 e. The van der Waals surface area contributed by atoms with Crippen LogP contribution in [-0.4, -0.2) is 49.6 Å². The Balaban J connectivity index is 1.85. The number of ketones is 1. The van der Waals surface area contributed by atoms with Crippen LogP contribution in [0.5, 0.6) is 0 Å². The van der Waals surface area contributed by atoms with Crippen molar-refractivity contribution in [2.24, 2.45) is 11.8 Å². The highest BCUT2D eigenvalue weighted by Crippen LogP contribution is 2.44. The summed E-state index contributed by atoms with van der Waals surface area (Å²) in [5.41, 5.74) is 2.06. The molecule has 0 spiro atoms. The minimum absolute atomic E-state index is 0.0297. The number of carbonyl (C=O) groups excluding carboxylic acids is 2. The number of nitrogens with one attached hydrogen (secondary N) is 1. The number of hydrogen-bond donors (Lipinski definition) is 2. The van der Waals surface area contributed by atoms with Gasteiger partial charge >= 0.3 is 0 Å². The number of nitrogens with zero attached hydrogens (tertiary/aromatic N) is 3. The van der Waals surface area contributed by atoms with Crippen LogP contribution < -0.4 is 5.32 Å². The van der Waals surface area contributed by atoms with Gasteiger partial charge in [-0.1, -0.05) is 18.5 Å². The van der Waals surface area contributed by atoms with Crippen LogP contribution in [0.15, 0.2) is 6.33 Å². The molecule has 8 nitrogen and oxygen atoms in total. The second kappa shape index (κ2) is 7.04. The molecule has 1 aliphatic carbocycles. The molecular weight excluding hydrogens is 396 g/mol. The van der Waals surface area contributed by atoms with E-state index in [2.05, 4.69) is 15.3 Å². The van der Waals surface area contributed by atoms with Crippen LogP contribution >= 0.6 is 11.6 Å². The van der Waals surface area contributed by atoms with Crippen LogP contribution in [0.4, 0.5) is 5.69 Å². The zero-order chi connectivity index (χ0) is 21.1. The molecule has 1 saturated carbocycles.